The maximum Gasteiger partial charge on any atom is 0.102 e. The van der Waals surface area contributed by atoms with E-state index in [0.717, 1.165) is 30.0 Å². The van der Waals surface area contributed by atoms with Crippen LogP contribution >= 0.6 is 11.8 Å². The van der Waals surface area contributed by atoms with Gasteiger partial charge in [0, 0.05) is 23.5 Å². The number of thioether (sulfide) groups is 1. The van der Waals surface area contributed by atoms with Crippen LogP contribution in [0.4, 0.5) is 5.69 Å². The summed E-state index contributed by atoms with van der Waals surface area (Å²) in [4.78, 5) is 0.992. The number of fused-ring (bicyclic) bond motifs is 1. The third-order valence-electron chi connectivity index (χ3n) is 4.36. The van der Waals surface area contributed by atoms with Gasteiger partial charge in [0.1, 0.15) is 6.07 Å². The van der Waals surface area contributed by atoms with Gasteiger partial charge in [0.2, 0.25) is 0 Å². The Labute approximate surface area is 123 Å². The lowest BCUT2D eigenvalue weighted by Crippen LogP contribution is -2.69. The molecule has 1 heterocycles. The molecule has 2 fully saturated rings. The third kappa shape index (κ3) is 2.18. The van der Waals surface area contributed by atoms with Crippen LogP contribution in [0.25, 0.3) is 0 Å². The lowest BCUT2D eigenvalue weighted by molar-refractivity contribution is -0.104. The molecule has 4 unspecified atom stereocenters. The molecule has 4 atom stereocenters. The van der Waals surface area contributed by atoms with Gasteiger partial charge in [-0.1, -0.05) is 6.07 Å². The number of hydrogen-bond acceptors (Lipinski definition) is 5. The van der Waals surface area contributed by atoms with Gasteiger partial charge in [0.15, 0.2) is 0 Å². The standard InChI is InChI=1S/C15H19N3OS/c1-20-12-6-2-5-11(10(12)8-16)18-14-13(17)9-4-3-7-19-15(9)14/h2,5-6,9,13-15,18H,3-4,7,17H2,1H3. The summed E-state index contributed by atoms with van der Waals surface area (Å²) in [5.41, 5.74) is 7.83. The van der Waals surface area contributed by atoms with Crippen molar-refractivity contribution in [3.05, 3.63) is 23.8 Å². The van der Waals surface area contributed by atoms with Crippen LogP contribution in [0.1, 0.15) is 18.4 Å². The largest absolute Gasteiger partial charge is 0.377 e. The minimum absolute atomic E-state index is 0.115. The first kappa shape index (κ1) is 13.7. The van der Waals surface area contributed by atoms with Crippen molar-refractivity contribution < 1.29 is 4.74 Å². The Morgan fingerprint density at radius 3 is 3.10 bits per heavy atom. The highest BCUT2D eigenvalue weighted by atomic mass is 32.2. The van der Waals surface area contributed by atoms with Gasteiger partial charge in [-0.2, -0.15) is 5.26 Å². The number of nitrogens with one attached hydrogen (secondary N) is 1. The first-order valence-electron chi connectivity index (χ1n) is 6.97. The van der Waals surface area contributed by atoms with Crippen molar-refractivity contribution in [1.82, 2.24) is 0 Å². The highest BCUT2D eigenvalue weighted by Gasteiger charge is 2.50. The Bertz CT molecular complexity index is 542. The van der Waals surface area contributed by atoms with Gasteiger partial charge in [0.05, 0.1) is 23.4 Å². The fraction of sp³-hybridized carbons (Fsp3) is 0.533. The summed E-state index contributed by atoms with van der Waals surface area (Å²) in [6.45, 7) is 0.821. The molecule has 20 heavy (non-hydrogen) atoms. The first-order valence-corrected chi connectivity index (χ1v) is 8.19. The molecule has 5 heteroatoms. The molecule has 0 aromatic heterocycles. The lowest BCUT2D eigenvalue weighted by atomic mass is 9.68. The molecule has 1 saturated heterocycles. The SMILES string of the molecule is CSc1cccc(NC2C(N)C3CCCOC32)c1C#N. The minimum atomic E-state index is 0.115. The normalized spacial score (nSPS) is 31.9. The second kappa shape index (κ2) is 5.65. The Kier molecular flexibility index (Phi) is 3.88. The zero-order valence-electron chi connectivity index (χ0n) is 11.5. The van der Waals surface area contributed by atoms with Gasteiger partial charge < -0.3 is 15.8 Å². The molecule has 1 aliphatic carbocycles. The summed E-state index contributed by atoms with van der Waals surface area (Å²) < 4.78 is 5.83. The number of benzene rings is 1. The van der Waals surface area contributed by atoms with Crippen LogP contribution in [0.2, 0.25) is 0 Å². The van der Waals surface area contributed by atoms with Crippen LogP contribution in [-0.2, 0) is 4.74 Å². The van der Waals surface area contributed by atoms with E-state index in [-0.39, 0.29) is 18.2 Å². The molecular weight excluding hydrogens is 270 g/mol. The quantitative estimate of drug-likeness (QED) is 0.835. The molecule has 3 N–H and O–H groups in total. The molecule has 1 aromatic rings. The monoisotopic (exact) mass is 289 g/mol. The number of rotatable bonds is 3. The summed E-state index contributed by atoms with van der Waals surface area (Å²) in [7, 11) is 0. The molecule has 0 amide bonds. The molecule has 0 bridgehead atoms. The number of anilines is 1. The average molecular weight is 289 g/mol. The van der Waals surface area contributed by atoms with E-state index >= 15 is 0 Å². The smallest absolute Gasteiger partial charge is 0.102 e. The highest BCUT2D eigenvalue weighted by Crippen LogP contribution is 2.39. The van der Waals surface area contributed by atoms with E-state index in [2.05, 4.69) is 11.4 Å². The second-order valence-electron chi connectivity index (χ2n) is 5.38. The van der Waals surface area contributed by atoms with Gasteiger partial charge in [-0.25, -0.2) is 0 Å². The zero-order valence-corrected chi connectivity index (χ0v) is 12.3. The van der Waals surface area contributed by atoms with Crippen molar-refractivity contribution in [3.63, 3.8) is 0 Å². The topological polar surface area (TPSA) is 71.1 Å². The first-order chi connectivity index (χ1) is 9.76. The molecule has 0 spiro atoms. The predicted molar refractivity (Wildman–Crippen MR) is 80.8 cm³/mol. The summed E-state index contributed by atoms with van der Waals surface area (Å²) in [6.07, 6.45) is 4.44. The number of nitriles is 1. The van der Waals surface area contributed by atoms with Crippen LogP contribution < -0.4 is 11.1 Å². The molecule has 1 aliphatic heterocycles. The molecule has 2 aliphatic rings. The van der Waals surface area contributed by atoms with Crippen LogP contribution in [0.3, 0.4) is 0 Å². The van der Waals surface area contributed by atoms with E-state index in [9.17, 15) is 5.26 Å². The molecule has 1 aromatic carbocycles. The van der Waals surface area contributed by atoms with Crippen molar-refractivity contribution in [2.75, 3.05) is 18.2 Å². The number of ether oxygens (including phenoxy) is 1. The Balaban J connectivity index is 1.80. The van der Waals surface area contributed by atoms with E-state index in [0.29, 0.717) is 11.5 Å². The van der Waals surface area contributed by atoms with E-state index < -0.39 is 0 Å². The molecule has 3 rings (SSSR count). The fourth-order valence-electron chi connectivity index (χ4n) is 3.24. The van der Waals surface area contributed by atoms with Crippen LogP contribution in [0.15, 0.2) is 23.1 Å². The summed E-state index contributed by atoms with van der Waals surface area (Å²) in [5.74, 6) is 0.468. The Morgan fingerprint density at radius 2 is 2.35 bits per heavy atom. The van der Waals surface area contributed by atoms with Gasteiger partial charge >= 0.3 is 0 Å². The van der Waals surface area contributed by atoms with E-state index in [4.69, 9.17) is 10.5 Å². The summed E-state index contributed by atoms with van der Waals surface area (Å²) >= 11 is 1.59. The van der Waals surface area contributed by atoms with Crippen molar-refractivity contribution in [1.29, 1.82) is 5.26 Å². The van der Waals surface area contributed by atoms with Crippen LogP contribution in [0.5, 0.6) is 0 Å². The second-order valence-corrected chi connectivity index (χ2v) is 6.23. The Hall–Kier alpha value is -1.22. The molecular formula is C15H19N3OS. The van der Waals surface area contributed by atoms with Gasteiger partial charge in [-0.15, -0.1) is 11.8 Å². The maximum absolute atomic E-state index is 9.37. The molecule has 0 radical (unpaired) electrons. The lowest BCUT2D eigenvalue weighted by Gasteiger charge is -2.52. The third-order valence-corrected chi connectivity index (χ3v) is 5.14. The number of nitrogens with zero attached hydrogens (tertiary/aromatic N) is 1. The van der Waals surface area contributed by atoms with Gasteiger partial charge in [0.25, 0.3) is 0 Å². The molecule has 106 valence electrons. The molecule has 4 nitrogen and oxygen atoms in total. The van der Waals surface area contributed by atoms with Crippen molar-refractivity contribution in [3.8, 4) is 6.07 Å². The van der Waals surface area contributed by atoms with Crippen LogP contribution in [0, 0.1) is 17.2 Å². The van der Waals surface area contributed by atoms with Gasteiger partial charge in [-0.3, -0.25) is 0 Å². The van der Waals surface area contributed by atoms with Crippen molar-refractivity contribution in [2.24, 2.45) is 11.7 Å². The zero-order chi connectivity index (χ0) is 14.1. The van der Waals surface area contributed by atoms with E-state index in [1.807, 2.05) is 24.5 Å². The summed E-state index contributed by atoms with van der Waals surface area (Å²) in [5, 5.41) is 12.8. The van der Waals surface area contributed by atoms with Crippen LogP contribution in [-0.4, -0.2) is 31.1 Å². The Morgan fingerprint density at radius 1 is 1.50 bits per heavy atom. The predicted octanol–water partition coefficient (Wildman–Crippen LogP) is 2.20. The van der Waals surface area contributed by atoms with Gasteiger partial charge in [-0.05, 0) is 31.2 Å². The van der Waals surface area contributed by atoms with E-state index in [1.54, 1.807) is 11.8 Å². The van der Waals surface area contributed by atoms with Crippen molar-refractivity contribution >= 4 is 17.4 Å². The summed E-state index contributed by atoms with van der Waals surface area (Å²) in [6, 6.07) is 8.40. The fourth-order valence-corrected chi connectivity index (χ4v) is 3.82. The molecule has 1 saturated carbocycles. The maximum atomic E-state index is 9.37. The number of hydrogen-bond donors (Lipinski definition) is 2. The van der Waals surface area contributed by atoms with E-state index in [1.165, 1.54) is 0 Å². The number of nitrogens with two attached hydrogens (primary N) is 1. The highest BCUT2D eigenvalue weighted by molar-refractivity contribution is 7.98. The minimum Gasteiger partial charge on any atom is -0.377 e. The van der Waals surface area contributed by atoms with Crippen molar-refractivity contribution in [2.45, 2.75) is 35.9 Å². The average Bonchev–Trinajstić information content (AvgIpc) is 2.51.